The minimum Gasteiger partial charge on any atom is -0.489 e. The molecule has 0 aliphatic carbocycles. The van der Waals surface area contributed by atoms with Crippen molar-refractivity contribution >= 4 is 17.5 Å². The molecule has 0 heterocycles. The van der Waals surface area contributed by atoms with Crippen molar-refractivity contribution in [3.8, 4) is 11.5 Å². The van der Waals surface area contributed by atoms with Crippen molar-refractivity contribution in [3.05, 3.63) is 90.0 Å². The average molecular weight is 447 g/mol. The van der Waals surface area contributed by atoms with E-state index in [4.69, 9.17) is 9.47 Å². The predicted molar refractivity (Wildman–Crippen MR) is 129 cm³/mol. The lowest BCUT2D eigenvalue weighted by atomic mass is 10.1. The predicted octanol–water partition coefficient (Wildman–Crippen LogP) is 4.95. The molecule has 1 unspecified atom stereocenters. The largest absolute Gasteiger partial charge is 0.489 e. The SMILES string of the molecule is CCC(C)C(=O)Nc1cccc(CNC(=O)COc2ccc(OCc3ccccc3)cc2)c1. The zero-order valence-electron chi connectivity index (χ0n) is 19.0. The fourth-order valence-electron chi connectivity index (χ4n) is 2.98. The molecule has 0 bridgehead atoms. The number of anilines is 1. The van der Waals surface area contributed by atoms with E-state index >= 15 is 0 Å². The minimum atomic E-state index is -0.228. The quantitative estimate of drug-likeness (QED) is 0.437. The second kappa shape index (κ2) is 12.3. The van der Waals surface area contributed by atoms with Crippen LogP contribution in [0.2, 0.25) is 0 Å². The van der Waals surface area contributed by atoms with Gasteiger partial charge in [-0.2, -0.15) is 0 Å². The van der Waals surface area contributed by atoms with Gasteiger partial charge in [-0.1, -0.05) is 56.3 Å². The van der Waals surface area contributed by atoms with Crippen molar-refractivity contribution < 1.29 is 19.1 Å². The lowest BCUT2D eigenvalue weighted by molar-refractivity contribution is -0.123. The highest BCUT2D eigenvalue weighted by Crippen LogP contribution is 2.19. The molecule has 0 aliphatic heterocycles. The first-order chi connectivity index (χ1) is 16.0. The van der Waals surface area contributed by atoms with Crippen LogP contribution in [0.1, 0.15) is 31.4 Å². The van der Waals surface area contributed by atoms with Crippen molar-refractivity contribution in [2.75, 3.05) is 11.9 Å². The van der Waals surface area contributed by atoms with Crippen molar-refractivity contribution in [2.24, 2.45) is 5.92 Å². The molecule has 6 nitrogen and oxygen atoms in total. The van der Waals surface area contributed by atoms with Gasteiger partial charge in [0.1, 0.15) is 18.1 Å². The number of ether oxygens (including phenoxy) is 2. The van der Waals surface area contributed by atoms with Crippen LogP contribution in [0, 0.1) is 5.92 Å². The molecule has 33 heavy (non-hydrogen) atoms. The van der Waals surface area contributed by atoms with E-state index in [-0.39, 0.29) is 24.3 Å². The highest BCUT2D eigenvalue weighted by atomic mass is 16.5. The molecular weight excluding hydrogens is 416 g/mol. The van der Waals surface area contributed by atoms with Crippen LogP contribution >= 0.6 is 0 Å². The number of carbonyl (C=O) groups is 2. The molecule has 3 rings (SSSR count). The van der Waals surface area contributed by atoms with E-state index in [0.717, 1.165) is 29.0 Å². The summed E-state index contributed by atoms with van der Waals surface area (Å²) < 4.78 is 11.3. The summed E-state index contributed by atoms with van der Waals surface area (Å²) in [5.41, 5.74) is 2.71. The summed E-state index contributed by atoms with van der Waals surface area (Å²) in [6, 6.07) is 24.6. The van der Waals surface area contributed by atoms with Gasteiger partial charge in [0.25, 0.3) is 5.91 Å². The van der Waals surface area contributed by atoms with Crippen molar-refractivity contribution in [2.45, 2.75) is 33.4 Å². The van der Waals surface area contributed by atoms with E-state index in [9.17, 15) is 9.59 Å². The molecule has 0 saturated carbocycles. The average Bonchev–Trinajstić information content (AvgIpc) is 2.86. The first-order valence-electron chi connectivity index (χ1n) is 11.1. The molecule has 2 amide bonds. The molecular formula is C27H30N2O4. The van der Waals surface area contributed by atoms with Crippen LogP contribution in [0.4, 0.5) is 5.69 Å². The van der Waals surface area contributed by atoms with E-state index in [0.29, 0.717) is 18.9 Å². The summed E-state index contributed by atoms with van der Waals surface area (Å²) in [5, 5.41) is 5.74. The standard InChI is InChI=1S/C27H30N2O4/c1-3-20(2)27(31)29-23-11-7-10-22(16-23)17-28-26(30)19-33-25-14-12-24(13-15-25)32-18-21-8-5-4-6-9-21/h4-16,20H,3,17-19H2,1-2H3,(H,28,30)(H,29,31). The third-order valence-electron chi connectivity index (χ3n) is 5.19. The van der Waals surface area contributed by atoms with Gasteiger partial charge in [0.2, 0.25) is 5.91 Å². The topological polar surface area (TPSA) is 76.7 Å². The minimum absolute atomic E-state index is 0.0106. The number of nitrogens with one attached hydrogen (secondary N) is 2. The molecule has 2 N–H and O–H groups in total. The molecule has 0 aliphatic rings. The Bertz CT molecular complexity index is 1040. The normalized spacial score (nSPS) is 11.3. The number of amides is 2. The Morgan fingerprint density at radius 2 is 1.52 bits per heavy atom. The molecule has 172 valence electrons. The molecule has 6 heteroatoms. The van der Waals surface area contributed by atoms with Crippen LogP contribution in [-0.2, 0) is 22.7 Å². The Morgan fingerprint density at radius 3 is 2.21 bits per heavy atom. The van der Waals surface area contributed by atoms with E-state index in [1.165, 1.54) is 0 Å². The van der Waals surface area contributed by atoms with Crippen LogP contribution in [0.25, 0.3) is 0 Å². The van der Waals surface area contributed by atoms with Gasteiger partial charge in [-0.05, 0) is 53.9 Å². The van der Waals surface area contributed by atoms with E-state index in [1.807, 2.05) is 80.6 Å². The number of hydrogen-bond donors (Lipinski definition) is 2. The van der Waals surface area contributed by atoms with Gasteiger partial charge in [-0.15, -0.1) is 0 Å². The molecule has 0 saturated heterocycles. The maximum Gasteiger partial charge on any atom is 0.258 e. The monoisotopic (exact) mass is 446 g/mol. The van der Waals surface area contributed by atoms with Crippen LogP contribution in [0.5, 0.6) is 11.5 Å². The Balaban J connectivity index is 1.40. The molecule has 0 fully saturated rings. The summed E-state index contributed by atoms with van der Waals surface area (Å²) >= 11 is 0. The first kappa shape index (κ1) is 23.9. The number of rotatable bonds is 11. The zero-order valence-corrected chi connectivity index (χ0v) is 19.0. The smallest absolute Gasteiger partial charge is 0.258 e. The van der Waals surface area contributed by atoms with Gasteiger partial charge in [-0.25, -0.2) is 0 Å². The molecule has 3 aromatic carbocycles. The summed E-state index contributed by atoms with van der Waals surface area (Å²) in [4.78, 5) is 24.2. The summed E-state index contributed by atoms with van der Waals surface area (Å²) in [6.07, 6.45) is 0.783. The van der Waals surface area contributed by atoms with E-state index in [1.54, 1.807) is 12.1 Å². The van der Waals surface area contributed by atoms with Crippen molar-refractivity contribution in [3.63, 3.8) is 0 Å². The van der Waals surface area contributed by atoms with Gasteiger partial charge in [-0.3, -0.25) is 9.59 Å². The van der Waals surface area contributed by atoms with Gasteiger partial charge in [0.15, 0.2) is 6.61 Å². The van der Waals surface area contributed by atoms with Crippen LogP contribution in [-0.4, -0.2) is 18.4 Å². The summed E-state index contributed by atoms with van der Waals surface area (Å²) in [6.45, 7) is 4.62. The maximum atomic E-state index is 12.2. The second-order valence-corrected chi connectivity index (χ2v) is 7.81. The Morgan fingerprint density at radius 1 is 0.848 bits per heavy atom. The fourth-order valence-corrected chi connectivity index (χ4v) is 2.98. The number of benzene rings is 3. The number of carbonyl (C=O) groups excluding carboxylic acids is 2. The fraction of sp³-hybridized carbons (Fsp3) is 0.259. The molecule has 0 radical (unpaired) electrons. The highest BCUT2D eigenvalue weighted by Gasteiger charge is 2.11. The van der Waals surface area contributed by atoms with Gasteiger partial charge < -0.3 is 20.1 Å². The van der Waals surface area contributed by atoms with Gasteiger partial charge >= 0.3 is 0 Å². The lowest BCUT2D eigenvalue weighted by Crippen LogP contribution is -2.28. The zero-order chi connectivity index (χ0) is 23.5. The van der Waals surface area contributed by atoms with Crippen LogP contribution < -0.4 is 20.1 Å². The van der Waals surface area contributed by atoms with Gasteiger partial charge in [0, 0.05) is 18.2 Å². The third-order valence-corrected chi connectivity index (χ3v) is 5.19. The molecule has 1 atom stereocenters. The Kier molecular flexibility index (Phi) is 8.88. The highest BCUT2D eigenvalue weighted by molar-refractivity contribution is 5.92. The van der Waals surface area contributed by atoms with Crippen molar-refractivity contribution in [1.82, 2.24) is 5.32 Å². The van der Waals surface area contributed by atoms with E-state index in [2.05, 4.69) is 10.6 Å². The summed E-state index contributed by atoms with van der Waals surface area (Å²) in [7, 11) is 0. The third kappa shape index (κ3) is 8.00. The molecule has 0 aromatic heterocycles. The maximum absolute atomic E-state index is 12.2. The molecule has 0 spiro atoms. The van der Waals surface area contributed by atoms with E-state index < -0.39 is 0 Å². The van der Waals surface area contributed by atoms with Gasteiger partial charge in [0.05, 0.1) is 0 Å². The van der Waals surface area contributed by atoms with Crippen LogP contribution in [0.3, 0.4) is 0 Å². The lowest BCUT2D eigenvalue weighted by Gasteiger charge is -2.12. The van der Waals surface area contributed by atoms with Crippen molar-refractivity contribution in [1.29, 1.82) is 0 Å². The summed E-state index contributed by atoms with van der Waals surface area (Å²) in [5.74, 6) is 1.04. The number of hydrogen-bond acceptors (Lipinski definition) is 4. The molecule has 3 aromatic rings. The van der Waals surface area contributed by atoms with Crippen LogP contribution in [0.15, 0.2) is 78.9 Å². The Hall–Kier alpha value is -3.80. The Labute approximate surface area is 194 Å². The first-order valence-corrected chi connectivity index (χ1v) is 11.1. The second-order valence-electron chi connectivity index (χ2n) is 7.81.